The number of fused-ring (bicyclic) bond motifs is 1. The second-order valence-corrected chi connectivity index (χ2v) is 5.63. The highest BCUT2D eigenvalue weighted by Gasteiger charge is 2.17. The molecule has 6 nitrogen and oxygen atoms in total. The highest BCUT2D eigenvalue weighted by atomic mass is 16.3. The predicted molar refractivity (Wildman–Crippen MR) is 84.5 cm³/mol. The first kappa shape index (κ1) is 15.3. The molecule has 1 aliphatic heterocycles. The van der Waals surface area contributed by atoms with Crippen molar-refractivity contribution in [3.63, 3.8) is 0 Å². The zero-order valence-electron chi connectivity index (χ0n) is 12.9. The van der Waals surface area contributed by atoms with Crippen molar-refractivity contribution in [1.29, 1.82) is 0 Å². The molecule has 1 aromatic carbocycles. The van der Waals surface area contributed by atoms with E-state index in [-0.39, 0.29) is 11.8 Å². The smallest absolute Gasteiger partial charge is 0.255 e. The fourth-order valence-electron chi connectivity index (χ4n) is 2.54. The highest BCUT2D eigenvalue weighted by molar-refractivity contribution is 5.97. The molecule has 1 aliphatic rings. The van der Waals surface area contributed by atoms with Crippen molar-refractivity contribution in [2.75, 3.05) is 0 Å². The molecule has 0 spiro atoms. The Labute approximate surface area is 134 Å². The number of furan rings is 1. The Hall–Kier alpha value is -2.60. The molecule has 0 aliphatic carbocycles. The molecule has 0 fully saturated rings. The molecule has 2 amide bonds. The van der Waals surface area contributed by atoms with E-state index in [1.807, 2.05) is 6.07 Å². The van der Waals surface area contributed by atoms with Gasteiger partial charge in [0, 0.05) is 19.6 Å². The van der Waals surface area contributed by atoms with Gasteiger partial charge >= 0.3 is 0 Å². The van der Waals surface area contributed by atoms with E-state index in [0.29, 0.717) is 12.1 Å². The topological polar surface area (TPSA) is 83.4 Å². The number of nitrogens with one attached hydrogen (secondary N) is 3. The number of hydrogen-bond donors (Lipinski definition) is 3. The van der Waals surface area contributed by atoms with Gasteiger partial charge in [0.25, 0.3) is 5.91 Å². The van der Waals surface area contributed by atoms with E-state index < -0.39 is 6.04 Å². The standard InChI is InChI=1S/C17H19N3O3/c1-11(20-17(22)14-4-5-23-10-14)16(21)19-7-12-2-3-13-8-18-9-15(13)6-12/h2-6,10-11,18H,7-9H2,1H3,(H,19,21)(H,20,22). The van der Waals surface area contributed by atoms with Gasteiger partial charge < -0.3 is 20.4 Å². The molecule has 3 rings (SSSR count). The van der Waals surface area contributed by atoms with Crippen molar-refractivity contribution in [2.24, 2.45) is 0 Å². The summed E-state index contributed by atoms with van der Waals surface area (Å²) in [6, 6.07) is 7.14. The summed E-state index contributed by atoms with van der Waals surface area (Å²) in [4.78, 5) is 24.0. The van der Waals surface area contributed by atoms with E-state index in [2.05, 4.69) is 28.1 Å². The van der Waals surface area contributed by atoms with Crippen LogP contribution in [0, 0.1) is 0 Å². The SMILES string of the molecule is CC(NC(=O)c1ccoc1)C(=O)NCc1ccc2c(c1)CNC2. The molecule has 1 aromatic heterocycles. The average Bonchev–Trinajstić information content (AvgIpc) is 3.22. The van der Waals surface area contributed by atoms with E-state index in [9.17, 15) is 9.59 Å². The Morgan fingerprint density at radius 3 is 2.87 bits per heavy atom. The largest absolute Gasteiger partial charge is 0.472 e. The van der Waals surface area contributed by atoms with E-state index in [4.69, 9.17) is 4.42 Å². The van der Waals surface area contributed by atoms with Crippen molar-refractivity contribution in [1.82, 2.24) is 16.0 Å². The Morgan fingerprint density at radius 2 is 2.09 bits per heavy atom. The Morgan fingerprint density at radius 1 is 1.26 bits per heavy atom. The molecular weight excluding hydrogens is 294 g/mol. The highest BCUT2D eigenvalue weighted by Crippen LogP contribution is 2.16. The van der Waals surface area contributed by atoms with E-state index in [1.54, 1.807) is 13.0 Å². The first-order chi connectivity index (χ1) is 11.1. The summed E-state index contributed by atoms with van der Waals surface area (Å²) in [5.74, 6) is -0.550. The summed E-state index contributed by atoms with van der Waals surface area (Å²) < 4.78 is 4.85. The number of carbonyl (C=O) groups excluding carboxylic acids is 2. The van der Waals surface area contributed by atoms with Crippen molar-refractivity contribution in [2.45, 2.75) is 32.6 Å². The van der Waals surface area contributed by atoms with Gasteiger partial charge in [-0.2, -0.15) is 0 Å². The molecule has 0 bridgehead atoms. The minimum absolute atomic E-state index is 0.222. The molecule has 6 heteroatoms. The first-order valence-corrected chi connectivity index (χ1v) is 7.55. The fraction of sp³-hybridized carbons (Fsp3) is 0.294. The van der Waals surface area contributed by atoms with Crippen LogP contribution in [0.15, 0.2) is 41.2 Å². The average molecular weight is 313 g/mol. The molecule has 1 unspecified atom stereocenters. The molecule has 1 atom stereocenters. The van der Waals surface area contributed by atoms with Gasteiger partial charge in [0.05, 0.1) is 11.8 Å². The molecule has 0 saturated carbocycles. The van der Waals surface area contributed by atoms with Gasteiger partial charge in [-0.05, 0) is 29.7 Å². The minimum atomic E-state index is -0.617. The fourth-order valence-corrected chi connectivity index (χ4v) is 2.54. The van der Waals surface area contributed by atoms with Crippen LogP contribution in [0.3, 0.4) is 0 Å². The Kier molecular flexibility index (Phi) is 4.43. The van der Waals surface area contributed by atoms with Crippen LogP contribution < -0.4 is 16.0 Å². The second kappa shape index (κ2) is 6.66. The normalized spacial score (nSPS) is 14.1. The monoisotopic (exact) mass is 313 g/mol. The molecule has 3 N–H and O–H groups in total. The number of amides is 2. The Bertz CT molecular complexity index is 710. The lowest BCUT2D eigenvalue weighted by atomic mass is 10.1. The van der Waals surface area contributed by atoms with E-state index in [0.717, 1.165) is 18.7 Å². The number of hydrogen-bond acceptors (Lipinski definition) is 4. The van der Waals surface area contributed by atoms with Crippen molar-refractivity contribution < 1.29 is 14.0 Å². The maximum atomic E-state index is 12.1. The van der Waals surface area contributed by atoms with Crippen LogP contribution in [0.25, 0.3) is 0 Å². The summed E-state index contributed by atoms with van der Waals surface area (Å²) in [5.41, 5.74) is 4.03. The predicted octanol–water partition coefficient (Wildman–Crippen LogP) is 1.32. The van der Waals surface area contributed by atoms with Crippen LogP contribution in [0.1, 0.15) is 34.0 Å². The number of carbonyl (C=O) groups is 2. The molecule has 23 heavy (non-hydrogen) atoms. The van der Waals surface area contributed by atoms with Crippen LogP contribution in [-0.4, -0.2) is 17.9 Å². The summed E-state index contributed by atoms with van der Waals surface area (Å²) >= 11 is 0. The van der Waals surface area contributed by atoms with Gasteiger partial charge in [-0.1, -0.05) is 18.2 Å². The number of rotatable bonds is 5. The third-order valence-corrected chi connectivity index (χ3v) is 3.89. The summed E-state index contributed by atoms with van der Waals surface area (Å²) in [6.07, 6.45) is 2.76. The molecule has 120 valence electrons. The second-order valence-electron chi connectivity index (χ2n) is 5.63. The number of benzene rings is 1. The van der Waals surface area contributed by atoms with Gasteiger partial charge in [-0.3, -0.25) is 9.59 Å². The maximum absolute atomic E-state index is 12.1. The van der Waals surface area contributed by atoms with Crippen LogP contribution in [0.4, 0.5) is 0 Å². The third kappa shape index (κ3) is 3.60. The lowest BCUT2D eigenvalue weighted by Gasteiger charge is -2.14. The molecule has 2 heterocycles. The maximum Gasteiger partial charge on any atom is 0.255 e. The van der Waals surface area contributed by atoms with Crippen LogP contribution in [0.2, 0.25) is 0 Å². The van der Waals surface area contributed by atoms with E-state index in [1.165, 1.54) is 23.7 Å². The quantitative estimate of drug-likeness (QED) is 0.777. The van der Waals surface area contributed by atoms with Crippen LogP contribution in [0.5, 0.6) is 0 Å². The minimum Gasteiger partial charge on any atom is -0.472 e. The van der Waals surface area contributed by atoms with Crippen molar-refractivity contribution in [3.8, 4) is 0 Å². The van der Waals surface area contributed by atoms with Gasteiger partial charge in [-0.15, -0.1) is 0 Å². The van der Waals surface area contributed by atoms with Gasteiger partial charge in [0.15, 0.2) is 0 Å². The van der Waals surface area contributed by atoms with Gasteiger partial charge in [-0.25, -0.2) is 0 Å². The molecular formula is C17H19N3O3. The third-order valence-electron chi connectivity index (χ3n) is 3.89. The van der Waals surface area contributed by atoms with E-state index >= 15 is 0 Å². The lowest BCUT2D eigenvalue weighted by Crippen LogP contribution is -2.44. The summed E-state index contributed by atoms with van der Waals surface area (Å²) in [5, 5.41) is 8.77. The summed E-state index contributed by atoms with van der Waals surface area (Å²) in [6.45, 7) is 3.87. The van der Waals surface area contributed by atoms with Crippen molar-refractivity contribution in [3.05, 3.63) is 59.0 Å². The zero-order chi connectivity index (χ0) is 16.2. The van der Waals surface area contributed by atoms with Crippen molar-refractivity contribution >= 4 is 11.8 Å². The van der Waals surface area contributed by atoms with Gasteiger partial charge in [0.2, 0.25) is 5.91 Å². The van der Waals surface area contributed by atoms with Crippen LogP contribution >= 0.6 is 0 Å². The first-order valence-electron chi connectivity index (χ1n) is 7.55. The molecule has 2 aromatic rings. The zero-order valence-corrected chi connectivity index (χ0v) is 12.9. The Balaban J connectivity index is 1.51. The van der Waals surface area contributed by atoms with Gasteiger partial charge in [0.1, 0.15) is 12.3 Å². The molecule has 0 saturated heterocycles. The summed E-state index contributed by atoms with van der Waals surface area (Å²) in [7, 11) is 0. The lowest BCUT2D eigenvalue weighted by molar-refractivity contribution is -0.122. The molecule has 0 radical (unpaired) electrons. The van der Waals surface area contributed by atoms with Crippen LogP contribution in [-0.2, 0) is 24.4 Å².